The van der Waals surface area contributed by atoms with Gasteiger partial charge in [0.1, 0.15) is 5.60 Å². The molecule has 0 aromatic heterocycles. The molecule has 0 amide bonds. The summed E-state index contributed by atoms with van der Waals surface area (Å²) in [4.78, 5) is 12.2. The molecule has 3 heteroatoms. The fourth-order valence-corrected chi connectivity index (χ4v) is 7.68. The second-order valence-electron chi connectivity index (χ2n) is 10.1. The van der Waals surface area contributed by atoms with Crippen molar-refractivity contribution in [3.8, 4) is 0 Å². The molecule has 0 radical (unpaired) electrons. The predicted molar refractivity (Wildman–Crippen MR) is 93.4 cm³/mol. The summed E-state index contributed by atoms with van der Waals surface area (Å²) >= 11 is 0. The van der Waals surface area contributed by atoms with Gasteiger partial charge in [0.2, 0.25) is 0 Å². The van der Waals surface area contributed by atoms with Crippen LogP contribution in [0.1, 0.15) is 78.6 Å². The molecular formula is C21H34O3. The van der Waals surface area contributed by atoms with Gasteiger partial charge in [-0.05, 0) is 101 Å². The minimum Gasteiger partial charge on any atom is -0.390 e. The normalized spacial score (nSPS) is 57.0. The molecule has 0 aromatic rings. The van der Waals surface area contributed by atoms with Gasteiger partial charge in [0, 0.05) is 5.41 Å². The van der Waals surface area contributed by atoms with Crippen LogP contribution in [0.3, 0.4) is 0 Å². The van der Waals surface area contributed by atoms with Gasteiger partial charge in [-0.3, -0.25) is 4.79 Å². The molecule has 8 atom stereocenters. The van der Waals surface area contributed by atoms with Gasteiger partial charge in [0.25, 0.3) is 0 Å². The molecule has 0 unspecified atom stereocenters. The van der Waals surface area contributed by atoms with Crippen molar-refractivity contribution in [1.29, 1.82) is 0 Å². The SMILES string of the molecule is CC(=O)[C@@]1(O)CC[C@H]2[C@@H]3CC[C@@H]4C[C@](C)(O)CC[C@@H]4[C@H]3CC[C@@]21C. The smallest absolute Gasteiger partial charge is 0.161 e. The van der Waals surface area contributed by atoms with Crippen LogP contribution in [0.25, 0.3) is 0 Å². The lowest BCUT2D eigenvalue weighted by Gasteiger charge is -2.57. The first kappa shape index (κ1) is 17.0. The van der Waals surface area contributed by atoms with Crippen molar-refractivity contribution in [3.63, 3.8) is 0 Å². The Hall–Kier alpha value is -0.410. The number of ketones is 1. The standard InChI is InChI=1S/C21H34O3/c1-13(22)21(24)11-8-18-17-5-4-14-12-19(2,23)9-6-15(14)16(17)7-10-20(18,21)3/h14-18,23-24H,4-12H2,1-3H3/t14-,15+,16-,17-,18+,19-,20+,21+/m1/s1. The highest BCUT2D eigenvalue weighted by Crippen LogP contribution is 2.65. The Morgan fingerprint density at radius 3 is 2.29 bits per heavy atom. The average molecular weight is 335 g/mol. The molecule has 4 aliphatic rings. The molecular weight excluding hydrogens is 300 g/mol. The first-order valence-corrected chi connectivity index (χ1v) is 10.1. The fourth-order valence-electron chi connectivity index (χ4n) is 7.68. The van der Waals surface area contributed by atoms with E-state index in [4.69, 9.17) is 0 Å². The van der Waals surface area contributed by atoms with E-state index >= 15 is 0 Å². The van der Waals surface area contributed by atoms with E-state index in [2.05, 4.69) is 6.92 Å². The van der Waals surface area contributed by atoms with Gasteiger partial charge < -0.3 is 10.2 Å². The largest absolute Gasteiger partial charge is 0.390 e. The maximum Gasteiger partial charge on any atom is 0.161 e. The topological polar surface area (TPSA) is 57.5 Å². The Morgan fingerprint density at radius 2 is 1.58 bits per heavy atom. The first-order chi connectivity index (χ1) is 11.2. The van der Waals surface area contributed by atoms with E-state index in [-0.39, 0.29) is 11.2 Å². The van der Waals surface area contributed by atoms with E-state index in [9.17, 15) is 15.0 Å². The second-order valence-corrected chi connectivity index (χ2v) is 10.1. The molecule has 4 fully saturated rings. The van der Waals surface area contributed by atoms with Crippen molar-refractivity contribution >= 4 is 5.78 Å². The van der Waals surface area contributed by atoms with Crippen LogP contribution in [0.15, 0.2) is 0 Å². The van der Waals surface area contributed by atoms with Crippen molar-refractivity contribution in [2.45, 2.75) is 89.8 Å². The van der Waals surface area contributed by atoms with Gasteiger partial charge in [0.05, 0.1) is 5.60 Å². The highest BCUT2D eigenvalue weighted by molar-refractivity contribution is 5.86. The van der Waals surface area contributed by atoms with Crippen LogP contribution in [0, 0.1) is 35.0 Å². The second kappa shape index (κ2) is 5.30. The van der Waals surface area contributed by atoms with Gasteiger partial charge in [-0.1, -0.05) is 6.92 Å². The summed E-state index contributed by atoms with van der Waals surface area (Å²) in [5.41, 5.74) is -1.76. The maximum absolute atomic E-state index is 12.2. The molecule has 0 spiro atoms. The Bertz CT molecular complexity index is 541. The Balaban J connectivity index is 1.59. The van der Waals surface area contributed by atoms with Crippen LogP contribution in [0.5, 0.6) is 0 Å². The number of fused-ring (bicyclic) bond motifs is 5. The predicted octanol–water partition coefficient (Wildman–Crippen LogP) is 3.71. The molecule has 4 aliphatic carbocycles. The van der Waals surface area contributed by atoms with Crippen molar-refractivity contribution < 1.29 is 15.0 Å². The third-order valence-corrected chi connectivity index (χ3v) is 8.97. The van der Waals surface area contributed by atoms with E-state index < -0.39 is 11.2 Å². The minimum atomic E-state index is -1.09. The monoisotopic (exact) mass is 334 g/mol. The van der Waals surface area contributed by atoms with Crippen LogP contribution >= 0.6 is 0 Å². The molecule has 3 nitrogen and oxygen atoms in total. The van der Waals surface area contributed by atoms with Crippen molar-refractivity contribution in [1.82, 2.24) is 0 Å². The molecule has 0 bridgehead atoms. The summed E-state index contributed by atoms with van der Waals surface area (Å²) in [5, 5.41) is 21.6. The quantitative estimate of drug-likeness (QED) is 0.768. The minimum absolute atomic E-state index is 0.0200. The number of Topliss-reactive ketones (excluding diaryl/α,β-unsaturated/α-hetero) is 1. The number of hydrogen-bond donors (Lipinski definition) is 2. The molecule has 2 N–H and O–H groups in total. The van der Waals surface area contributed by atoms with Crippen LogP contribution in [0.4, 0.5) is 0 Å². The summed E-state index contributed by atoms with van der Waals surface area (Å²) < 4.78 is 0. The molecule has 24 heavy (non-hydrogen) atoms. The number of rotatable bonds is 1. The average Bonchev–Trinajstić information content (AvgIpc) is 2.79. The molecule has 0 aliphatic heterocycles. The van der Waals surface area contributed by atoms with Crippen molar-refractivity contribution in [2.75, 3.05) is 0 Å². The van der Waals surface area contributed by atoms with Crippen LogP contribution in [-0.4, -0.2) is 27.2 Å². The maximum atomic E-state index is 12.2. The summed E-state index contributed by atoms with van der Waals surface area (Å²) in [6.07, 6.45) is 9.38. The summed E-state index contributed by atoms with van der Waals surface area (Å²) in [7, 11) is 0. The highest BCUT2D eigenvalue weighted by Gasteiger charge is 2.64. The highest BCUT2D eigenvalue weighted by atomic mass is 16.3. The summed E-state index contributed by atoms with van der Waals surface area (Å²) in [5.74, 6) is 3.38. The zero-order valence-electron chi connectivity index (χ0n) is 15.6. The van der Waals surface area contributed by atoms with Gasteiger partial charge in [0.15, 0.2) is 5.78 Å². The van der Waals surface area contributed by atoms with E-state index in [1.165, 1.54) is 19.3 Å². The third kappa shape index (κ3) is 2.19. The lowest BCUT2D eigenvalue weighted by molar-refractivity contribution is -0.163. The number of hydrogen-bond acceptors (Lipinski definition) is 3. The van der Waals surface area contributed by atoms with E-state index in [0.717, 1.165) is 43.9 Å². The molecule has 4 rings (SSSR count). The van der Waals surface area contributed by atoms with Gasteiger partial charge >= 0.3 is 0 Å². The summed E-state index contributed by atoms with van der Waals surface area (Å²) in [6, 6.07) is 0. The molecule has 0 aromatic carbocycles. The zero-order valence-corrected chi connectivity index (χ0v) is 15.6. The van der Waals surface area contributed by atoms with Gasteiger partial charge in [-0.15, -0.1) is 0 Å². The molecule has 0 saturated heterocycles. The molecule has 0 heterocycles. The van der Waals surface area contributed by atoms with Gasteiger partial charge in [-0.25, -0.2) is 0 Å². The number of carbonyl (C=O) groups excluding carboxylic acids is 1. The lowest BCUT2D eigenvalue weighted by atomic mass is 9.48. The molecule has 4 saturated carbocycles. The Kier molecular flexibility index (Phi) is 3.76. The first-order valence-electron chi connectivity index (χ1n) is 10.1. The Labute approximate surface area is 146 Å². The van der Waals surface area contributed by atoms with E-state index in [1.807, 2.05) is 6.92 Å². The number of carbonyl (C=O) groups is 1. The Morgan fingerprint density at radius 1 is 0.875 bits per heavy atom. The number of aliphatic hydroxyl groups is 2. The summed E-state index contributed by atoms with van der Waals surface area (Å²) in [6.45, 7) is 5.79. The van der Waals surface area contributed by atoms with Crippen LogP contribution in [0.2, 0.25) is 0 Å². The van der Waals surface area contributed by atoms with Crippen LogP contribution < -0.4 is 0 Å². The van der Waals surface area contributed by atoms with Crippen molar-refractivity contribution in [2.24, 2.45) is 35.0 Å². The fraction of sp³-hybridized carbons (Fsp3) is 0.952. The molecule has 136 valence electrons. The third-order valence-electron chi connectivity index (χ3n) is 8.97. The van der Waals surface area contributed by atoms with Gasteiger partial charge in [-0.2, -0.15) is 0 Å². The zero-order chi connectivity index (χ0) is 17.3. The van der Waals surface area contributed by atoms with Crippen LogP contribution in [-0.2, 0) is 4.79 Å². The van der Waals surface area contributed by atoms with Crippen molar-refractivity contribution in [3.05, 3.63) is 0 Å². The lowest BCUT2D eigenvalue weighted by Crippen LogP contribution is -2.56. The van der Waals surface area contributed by atoms with E-state index in [1.54, 1.807) is 6.92 Å². The van der Waals surface area contributed by atoms with E-state index in [0.29, 0.717) is 24.2 Å².